The van der Waals surface area contributed by atoms with E-state index in [1.54, 1.807) is 11.0 Å². The number of alkyl halides is 2. The third kappa shape index (κ3) is 1.83. The van der Waals surface area contributed by atoms with Crippen molar-refractivity contribution in [2.24, 2.45) is 0 Å². The molecular formula is C10H12F2N6. The number of nitrogens with two attached hydrogens (primary N) is 1. The number of nitrogens with zero attached hydrogens (tertiary/aromatic N) is 5. The second-order valence-electron chi connectivity index (χ2n) is 4.35. The molecule has 0 aliphatic carbocycles. The van der Waals surface area contributed by atoms with Gasteiger partial charge in [-0.1, -0.05) is 0 Å². The minimum absolute atomic E-state index is 0.181. The predicted molar refractivity (Wildman–Crippen MR) is 61.6 cm³/mol. The number of aromatic nitrogens is 4. The van der Waals surface area contributed by atoms with Crippen molar-refractivity contribution in [3.05, 3.63) is 12.4 Å². The SMILES string of the molecule is Nc1cc2ncnn2c(N2CCC(F)(F)CC2)n1. The van der Waals surface area contributed by atoms with Crippen molar-refractivity contribution in [3.63, 3.8) is 0 Å². The van der Waals surface area contributed by atoms with E-state index in [-0.39, 0.29) is 25.9 Å². The van der Waals surface area contributed by atoms with E-state index in [9.17, 15) is 8.78 Å². The fourth-order valence-electron chi connectivity index (χ4n) is 2.07. The number of hydrogen-bond acceptors (Lipinski definition) is 5. The summed E-state index contributed by atoms with van der Waals surface area (Å²) in [5.41, 5.74) is 6.24. The van der Waals surface area contributed by atoms with Gasteiger partial charge < -0.3 is 10.6 Å². The molecule has 0 bridgehead atoms. The van der Waals surface area contributed by atoms with Gasteiger partial charge in [-0.2, -0.15) is 14.6 Å². The average molecular weight is 254 g/mol. The van der Waals surface area contributed by atoms with Gasteiger partial charge in [0.15, 0.2) is 5.65 Å². The number of nitrogen functional groups attached to an aromatic ring is 1. The first-order valence-electron chi connectivity index (χ1n) is 5.64. The van der Waals surface area contributed by atoms with Crippen molar-refractivity contribution in [2.45, 2.75) is 18.8 Å². The molecule has 0 radical (unpaired) electrons. The Bertz CT molecular complexity index is 571. The molecule has 3 rings (SSSR count). The molecular weight excluding hydrogens is 242 g/mol. The van der Waals surface area contributed by atoms with Gasteiger partial charge in [0.05, 0.1) is 0 Å². The second-order valence-corrected chi connectivity index (χ2v) is 4.35. The molecule has 0 spiro atoms. The zero-order valence-electron chi connectivity index (χ0n) is 9.55. The van der Waals surface area contributed by atoms with Gasteiger partial charge >= 0.3 is 0 Å². The lowest BCUT2D eigenvalue weighted by atomic mass is 10.1. The Kier molecular flexibility index (Phi) is 2.32. The minimum atomic E-state index is -2.59. The Hall–Kier alpha value is -1.99. The molecule has 2 aromatic heterocycles. The fourth-order valence-corrected chi connectivity index (χ4v) is 2.07. The predicted octanol–water partition coefficient (Wildman–Crippen LogP) is 0.942. The first kappa shape index (κ1) is 11.1. The molecule has 0 unspecified atom stereocenters. The minimum Gasteiger partial charge on any atom is -0.383 e. The second kappa shape index (κ2) is 3.76. The standard InChI is InChI=1S/C10H12F2N6/c11-10(12)1-3-17(4-2-10)9-16-7(13)5-8-14-6-15-18(8)9/h5-6H,1-4,13H2. The molecule has 8 heteroatoms. The van der Waals surface area contributed by atoms with Gasteiger partial charge in [0.25, 0.3) is 5.92 Å². The summed E-state index contributed by atoms with van der Waals surface area (Å²) in [6, 6.07) is 1.59. The van der Waals surface area contributed by atoms with Gasteiger partial charge in [-0.25, -0.2) is 13.8 Å². The van der Waals surface area contributed by atoms with E-state index in [0.29, 0.717) is 17.4 Å². The molecule has 2 aromatic rings. The highest BCUT2D eigenvalue weighted by Gasteiger charge is 2.35. The summed E-state index contributed by atoms with van der Waals surface area (Å²) >= 11 is 0. The van der Waals surface area contributed by atoms with Crippen molar-refractivity contribution < 1.29 is 8.78 Å². The molecule has 6 nitrogen and oxygen atoms in total. The quantitative estimate of drug-likeness (QED) is 0.820. The van der Waals surface area contributed by atoms with Crippen molar-refractivity contribution in [1.29, 1.82) is 0 Å². The largest absolute Gasteiger partial charge is 0.383 e. The van der Waals surface area contributed by atoms with Crippen LogP contribution in [-0.2, 0) is 0 Å². The molecule has 3 heterocycles. The molecule has 1 saturated heterocycles. The summed E-state index contributed by atoms with van der Waals surface area (Å²) in [6.07, 6.45) is 1.03. The molecule has 96 valence electrons. The van der Waals surface area contributed by atoms with Crippen molar-refractivity contribution in [2.75, 3.05) is 23.7 Å². The number of fused-ring (bicyclic) bond motifs is 1. The van der Waals surface area contributed by atoms with Crippen molar-refractivity contribution in [1.82, 2.24) is 19.6 Å². The Morgan fingerprint density at radius 3 is 2.72 bits per heavy atom. The van der Waals surface area contributed by atoms with E-state index in [4.69, 9.17) is 5.73 Å². The Balaban J connectivity index is 1.97. The molecule has 0 amide bonds. The number of halogens is 2. The van der Waals surface area contributed by atoms with Crippen molar-refractivity contribution in [3.8, 4) is 0 Å². The van der Waals surface area contributed by atoms with Crippen LogP contribution in [0.5, 0.6) is 0 Å². The summed E-state index contributed by atoms with van der Waals surface area (Å²) in [7, 11) is 0. The number of piperidine rings is 1. The van der Waals surface area contributed by atoms with Gasteiger partial charge in [-0.15, -0.1) is 0 Å². The number of hydrogen-bond donors (Lipinski definition) is 1. The van der Waals surface area contributed by atoms with E-state index in [2.05, 4.69) is 15.1 Å². The van der Waals surface area contributed by atoms with E-state index in [1.165, 1.54) is 10.8 Å². The van der Waals surface area contributed by atoms with Gasteiger partial charge in [0.1, 0.15) is 12.1 Å². The van der Waals surface area contributed by atoms with Gasteiger partial charge in [-0.3, -0.25) is 0 Å². The molecule has 18 heavy (non-hydrogen) atoms. The summed E-state index contributed by atoms with van der Waals surface area (Å²) in [6.45, 7) is 0.469. The van der Waals surface area contributed by atoms with Crippen LogP contribution in [0.4, 0.5) is 20.5 Å². The molecule has 1 fully saturated rings. The maximum Gasteiger partial charge on any atom is 0.251 e. The van der Waals surface area contributed by atoms with Crippen LogP contribution in [0.15, 0.2) is 12.4 Å². The lowest BCUT2D eigenvalue weighted by Crippen LogP contribution is -2.40. The van der Waals surface area contributed by atoms with Crippen LogP contribution >= 0.6 is 0 Å². The highest BCUT2D eigenvalue weighted by Crippen LogP contribution is 2.29. The molecule has 0 atom stereocenters. The van der Waals surface area contributed by atoms with E-state index in [0.717, 1.165) is 0 Å². The fraction of sp³-hybridized carbons (Fsp3) is 0.500. The molecule has 1 aliphatic rings. The highest BCUT2D eigenvalue weighted by molar-refractivity contribution is 5.53. The molecule has 0 saturated carbocycles. The van der Waals surface area contributed by atoms with Gasteiger partial charge in [0.2, 0.25) is 5.95 Å². The summed E-state index contributed by atoms with van der Waals surface area (Å²) < 4.78 is 27.8. The first-order chi connectivity index (χ1) is 8.55. The van der Waals surface area contributed by atoms with E-state index in [1.807, 2.05) is 0 Å². The molecule has 1 aliphatic heterocycles. The summed E-state index contributed by atoms with van der Waals surface area (Å²) in [5, 5.41) is 4.03. The lowest BCUT2D eigenvalue weighted by molar-refractivity contribution is -0.0223. The molecule has 2 N–H and O–H groups in total. The van der Waals surface area contributed by atoms with Crippen LogP contribution in [-0.4, -0.2) is 38.6 Å². The third-order valence-electron chi connectivity index (χ3n) is 3.05. The zero-order valence-corrected chi connectivity index (χ0v) is 9.55. The first-order valence-corrected chi connectivity index (χ1v) is 5.64. The smallest absolute Gasteiger partial charge is 0.251 e. The third-order valence-corrected chi connectivity index (χ3v) is 3.05. The van der Waals surface area contributed by atoms with Crippen LogP contribution < -0.4 is 10.6 Å². The maximum absolute atomic E-state index is 13.1. The topological polar surface area (TPSA) is 72.3 Å². The number of anilines is 2. The van der Waals surface area contributed by atoms with Gasteiger partial charge in [-0.05, 0) is 0 Å². The molecule has 0 aromatic carbocycles. The van der Waals surface area contributed by atoms with Crippen molar-refractivity contribution >= 4 is 17.4 Å². The van der Waals surface area contributed by atoms with Crippen LogP contribution in [0.3, 0.4) is 0 Å². The van der Waals surface area contributed by atoms with Crippen LogP contribution in [0.1, 0.15) is 12.8 Å². The van der Waals surface area contributed by atoms with E-state index < -0.39 is 5.92 Å². The summed E-state index contributed by atoms with van der Waals surface area (Å²) in [5.74, 6) is -1.81. The average Bonchev–Trinajstić information content (AvgIpc) is 2.76. The highest BCUT2D eigenvalue weighted by atomic mass is 19.3. The summed E-state index contributed by atoms with van der Waals surface area (Å²) in [4.78, 5) is 9.94. The Morgan fingerprint density at radius 2 is 2.00 bits per heavy atom. The van der Waals surface area contributed by atoms with Crippen LogP contribution in [0, 0.1) is 0 Å². The lowest BCUT2D eigenvalue weighted by Gasteiger charge is -2.32. The van der Waals surface area contributed by atoms with Crippen LogP contribution in [0.2, 0.25) is 0 Å². The van der Waals surface area contributed by atoms with Gasteiger partial charge in [0, 0.05) is 32.0 Å². The zero-order chi connectivity index (χ0) is 12.8. The van der Waals surface area contributed by atoms with E-state index >= 15 is 0 Å². The Morgan fingerprint density at radius 1 is 1.28 bits per heavy atom. The van der Waals surface area contributed by atoms with Crippen LogP contribution in [0.25, 0.3) is 5.65 Å². The number of rotatable bonds is 1. The normalized spacial score (nSPS) is 19.3. The monoisotopic (exact) mass is 254 g/mol. The maximum atomic E-state index is 13.1. The Labute approximate surface area is 101 Å².